The summed E-state index contributed by atoms with van der Waals surface area (Å²) in [5, 5.41) is 0. The first-order valence-corrected chi connectivity index (χ1v) is 8.03. The molecule has 0 aliphatic carbocycles. The van der Waals surface area contributed by atoms with Crippen molar-refractivity contribution in [2.75, 3.05) is 26.2 Å². The van der Waals surface area contributed by atoms with Crippen molar-refractivity contribution in [3.05, 3.63) is 33.7 Å². The Balaban J connectivity index is 1.62. The number of nitrogens with zero attached hydrogens (tertiary/aromatic N) is 2. The number of primary amides is 1. The highest BCUT2D eigenvalue weighted by atomic mass is 16.2. The van der Waals surface area contributed by atoms with Gasteiger partial charge in [-0.05, 0) is 30.9 Å². The summed E-state index contributed by atoms with van der Waals surface area (Å²) >= 11 is 0. The van der Waals surface area contributed by atoms with E-state index in [1.54, 1.807) is 11.1 Å². The number of nitrogens with two attached hydrogens (primary N) is 1. The van der Waals surface area contributed by atoms with E-state index in [1.165, 1.54) is 0 Å². The number of pyridine rings is 1. The maximum Gasteiger partial charge on any atom is 0.252 e. The number of likely N-dealkylation sites (tertiary alicyclic amines) is 1. The van der Waals surface area contributed by atoms with Crippen molar-refractivity contribution in [2.24, 2.45) is 11.7 Å². The number of carbonyl (C=O) groups is 2. The van der Waals surface area contributed by atoms with Gasteiger partial charge in [-0.15, -0.1) is 0 Å². The van der Waals surface area contributed by atoms with Crippen molar-refractivity contribution in [3.8, 4) is 0 Å². The topological polar surface area (TPSA) is 99.5 Å². The predicted molar refractivity (Wildman–Crippen MR) is 84.5 cm³/mol. The summed E-state index contributed by atoms with van der Waals surface area (Å²) < 4.78 is 0. The maximum absolute atomic E-state index is 12.5. The number of rotatable bonds is 3. The van der Waals surface area contributed by atoms with Crippen LogP contribution in [0.3, 0.4) is 0 Å². The first-order chi connectivity index (χ1) is 11.0. The Morgan fingerprint density at radius 2 is 2.17 bits per heavy atom. The lowest BCUT2D eigenvalue weighted by molar-refractivity contribution is -0.136. The molecule has 1 saturated heterocycles. The Morgan fingerprint density at radius 1 is 1.35 bits per heavy atom. The zero-order valence-corrected chi connectivity index (χ0v) is 13.1. The van der Waals surface area contributed by atoms with Crippen LogP contribution >= 0.6 is 0 Å². The third kappa shape index (κ3) is 3.44. The molecular weight excluding hydrogens is 296 g/mol. The number of carbonyl (C=O) groups excluding carboxylic acids is 2. The maximum atomic E-state index is 12.5. The average molecular weight is 318 g/mol. The van der Waals surface area contributed by atoms with E-state index in [4.69, 9.17) is 5.73 Å². The molecule has 2 amide bonds. The summed E-state index contributed by atoms with van der Waals surface area (Å²) in [5.74, 6) is -0.565. The standard InChI is InChI=1S/C16H22N4O3/c17-15(22)12-2-1-6-20(8-12)14(21)10-19-7-4-11-3-5-18-16(23)13(11)9-19/h3,5,12H,1-2,4,6-10H2,(H2,17,22)(H,18,23). The van der Waals surface area contributed by atoms with Crippen LogP contribution < -0.4 is 11.3 Å². The van der Waals surface area contributed by atoms with Crippen LogP contribution in [0, 0.1) is 5.92 Å². The quantitative estimate of drug-likeness (QED) is 0.781. The zero-order valence-electron chi connectivity index (χ0n) is 13.1. The molecule has 1 atom stereocenters. The monoisotopic (exact) mass is 318 g/mol. The van der Waals surface area contributed by atoms with Crippen LogP contribution in [0.25, 0.3) is 0 Å². The van der Waals surface area contributed by atoms with E-state index in [9.17, 15) is 14.4 Å². The molecule has 124 valence electrons. The second-order valence-electron chi connectivity index (χ2n) is 6.35. The number of amides is 2. The molecule has 0 bridgehead atoms. The highest BCUT2D eigenvalue weighted by Crippen LogP contribution is 2.18. The van der Waals surface area contributed by atoms with Gasteiger partial charge in [0.1, 0.15) is 0 Å². The molecule has 3 rings (SSSR count). The molecule has 0 spiro atoms. The third-order valence-corrected chi connectivity index (χ3v) is 4.78. The molecule has 3 N–H and O–H groups in total. The minimum atomic E-state index is -0.332. The highest BCUT2D eigenvalue weighted by Gasteiger charge is 2.28. The SMILES string of the molecule is NC(=O)C1CCCN(C(=O)CN2CCc3cc[nH]c(=O)c3C2)C1. The van der Waals surface area contributed by atoms with Crippen molar-refractivity contribution < 1.29 is 9.59 Å². The number of hydrogen-bond acceptors (Lipinski definition) is 4. The van der Waals surface area contributed by atoms with E-state index in [2.05, 4.69) is 4.98 Å². The number of nitrogens with one attached hydrogen (secondary N) is 1. The Labute approximate surface area is 134 Å². The minimum Gasteiger partial charge on any atom is -0.369 e. The Morgan fingerprint density at radius 3 is 2.96 bits per heavy atom. The second-order valence-corrected chi connectivity index (χ2v) is 6.35. The van der Waals surface area contributed by atoms with Crippen LogP contribution in [0.2, 0.25) is 0 Å². The van der Waals surface area contributed by atoms with E-state index in [0.717, 1.165) is 36.9 Å². The molecule has 0 aromatic carbocycles. The fourth-order valence-electron chi connectivity index (χ4n) is 3.40. The van der Waals surface area contributed by atoms with Crippen LogP contribution in [0.4, 0.5) is 0 Å². The molecule has 2 aliphatic rings. The Hall–Kier alpha value is -2.15. The van der Waals surface area contributed by atoms with Crippen molar-refractivity contribution in [3.63, 3.8) is 0 Å². The largest absolute Gasteiger partial charge is 0.369 e. The van der Waals surface area contributed by atoms with E-state index < -0.39 is 0 Å². The summed E-state index contributed by atoms with van der Waals surface area (Å²) in [6.07, 6.45) is 4.00. The van der Waals surface area contributed by atoms with Gasteiger partial charge in [-0.2, -0.15) is 0 Å². The molecular formula is C16H22N4O3. The van der Waals surface area contributed by atoms with Crippen LogP contribution in [-0.4, -0.2) is 52.8 Å². The van der Waals surface area contributed by atoms with Gasteiger partial charge >= 0.3 is 0 Å². The molecule has 1 aromatic rings. The van der Waals surface area contributed by atoms with E-state index in [1.807, 2.05) is 11.0 Å². The van der Waals surface area contributed by atoms with Gasteiger partial charge in [0.2, 0.25) is 11.8 Å². The van der Waals surface area contributed by atoms with Crippen molar-refractivity contribution in [1.82, 2.24) is 14.8 Å². The van der Waals surface area contributed by atoms with Crippen LogP contribution in [0.15, 0.2) is 17.1 Å². The smallest absolute Gasteiger partial charge is 0.252 e. The Bertz CT molecular complexity index is 670. The van der Waals surface area contributed by atoms with Crippen LogP contribution in [0.5, 0.6) is 0 Å². The van der Waals surface area contributed by atoms with Gasteiger partial charge in [-0.1, -0.05) is 0 Å². The van der Waals surface area contributed by atoms with Crippen molar-refractivity contribution in [2.45, 2.75) is 25.8 Å². The lowest BCUT2D eigenvalue weighted by atomic mass is 9.97. The first-order valence-electron chi connectivity index (χ1n) is 8.03. The van der Waals surface area contributed by atoms with Gasteiger partial charge in [-0.3, -0.25) is 19.3 Å². The number of piperidine rings is 1. The summed E-state index contributed by atoms with van der Waals surface area (Å²) in [6.45, 7) is 2.62. The fraction of sp³-hybridized carbons (Fsp3) is 0.562. The minimum absolute atomic E-state index is 0.00626. The molecule has 3 heterocycles. The fourth-order valence-corrected chi connectivity index (χ4v) is 3.40. The molecule has 1 aromatic heterocycles. The lowest BCUT2D eigenvalue weighted by Crippen LogP contribution is -2.48. The molecule has 0 radical (unpaired) electrons. The van der Waals surface area contributed by atoms with Crippen LogP contribution in [0.1, 0.15) is 24.0 Å². The molecule has 7 heteroatoms. The van der Waals surface area contributed by atoms with Crippen molar-refractivity contribution >= 4 is 11.8 Å². The molecule has 1 fully saturated rings. The zero-order chi connectivity index (χ0) is 16.4. The number of hydrogen-bond donors (Lipinski definition) is 2. The summed E-state index contributed by atoms with van der Waals surface area (Å²) in [7, 11) is 0. The highest BCUT2D eigenvalue weighted by molar-refractivity contribution is 5.81. The number of H-pyrrole nitrogens is 1. The van der Waals surface area contributed by atoms with E-state index >= 15 is 0 Å². The first kappa shape index (κ1) is 15.7. The van der Waals surface area contributed by atoms with Gasteiger partial charge in [0.05, 0.1) is 12.5 Å². The van der Waals surface area contributed by atoms with Gasteiger partial charge < -0.3 is 15.6 Å². The average Bonchev–Trinajstić information content (AvgIpc) is 2.55. The van der Waals surface area contributed by atoms with Gasteiger partial charge in [0.25, 0.3) is 5.56 Å². The molecule has 1 unspecified atom stereocenters. The number of aromatic amines is 1. The second kappa shape index (κ2) is 6.54. The van der Waals surface area contributed by atoms with E-state index in [-0.39, 0.29) is 29.8 Å². The normalized spacial score (nSPS) is 21.7. The van der Waals surface area contributed by atoms with Gasteiger partial charge in [0, 0.05) is 37.9 Å². The number of fused-ring (bicyclic) bond motifs is 1. The predicted octanol–water partition coefficient (Wildman–Crippen LogP) is -0.543. The summed E-state index contributed by atoms with van der Waals surface area (Å²) in [4.78, 5) is 42.1. The molecule has 0 saturated carbocycles. The summed E-state index contributed by atoms with van der Waals surface area (Å²) in [6, 6.07) is 1.93. The molecule has 2 aliphatic heterocycles. The van der Waals surface area contributed by atoms with E-state index in [0.29, 0.717) is 19.6 Å². The molecule has 7 nitrogen and oxygen atoms in total. The number of aromatic nitrogens is 1. The van der Waals surface area contributed by atoms with Gasteiger partial charge in [0.15, 0.2) is 0 Å². The Kier molecular flexibility index (Phi) is 4.47. The lowest BCUT2D eigenvalue weighted by Gasteiger charge is -2.34. The van der Waals surface area contributed by atoms with Gasteiger partial charge in [-0.25, -0.2) is 0 Å². The van der Waals surface area contributed by atoms with Crippen molar-refractivity contribution in [1.29, 1.82) is 0 Å². The van der Waals surface area contributed by atoms with Crippen LogP contribution in [-0.2, 0) is 22.6 Å². The molecule has 23 heavy (non-hydrogen) atoms. The third-order valence-electron chi connectivity index (χ3n) is 4.78. The summed E-state index contributed by atoms with van der Waals surface area (Å²) in [5.41, 5.74) is 7.09.